The van der Waals surface area contributed by atoms with E-state index in [1.807, 2.05) is 0 Å². The molecular formula is C7H16N2O. The molecular weight excluding hydrogens is 128 g/mol. The number of likely N-dealkylation sites (N-methyl/N-ethyl adjacent to an activating group) is 1. The lowest BCUT2D eigenvalue weighted by atomic mass is 10.2. The van der Waals surface area contributed by atoms with Gasteiger partial charge in [-0.25, -0.2) is 5.48 Å². The van der Waals surface area contributed by atoms with Crippen LogP contribution in [0.15, 0.2) is 0 Å². The second kappa shape index (κ2) is 3.91. The van der Waals surface area contributed by atoms with E-state index in [1.165, 1.54) is 19.4 Å². The molecule has 1 aliphatic heterocycles. The van der Waals surface area contributed by atoms with Crippen LogP contribution in [0.3, 0.4) is 0 Å². The summed E-state index contributed by atoms with van der Waals surface area (Å²) in [4.78, 5) is 7.14. The summed E-state index contributed by atoms with van der Waals surface area (Å²) in [6, 6.07) is 0.681. The van der Waals surface area contributed by atoms with Crippen LogP contribution in [0.2, 0.25) is 0 Å². The molecule has 0 amide bonds. The first kappa shape index (κ1) is 7.98. The standard InChI is InChI=1S/C7H16N2O/c1-9-5-3-4-7(9)6-8-10-2/h7-8H,3-6H2,1-2H3. The second-order valence-electron chi connectivity index (χ2n) is 2.83. The molecule has 0 saturated carbocycles. The molecule has 0 aliphatic carbocycles. The summed E-state index contributed by atoms with van der Waals surface area (Å²) in [5.41, 5.74) is 2.88. The van der Waals surface area contributed by atoms with Crippen molar-refractivity contribution in [2.75, 3.05) is 27.2 Å². The van der Waals surface area contributed by atoms with Crippen molar-refractivity contribution < 1.29 is 4.84 Å². The van der Waals surface area contributed by atoms with E-state index in [0.29, 0.717) is 6.04 Å². The summed E-state index contributed by atoms with van der Waals surface area (Å²) >= 11 is 0. The van der Waals surface area contributed by atoms with Gasteiger partial charge in [-0.05, 0) is 26.4 Å². The van der Waals surface area contributed by atoms with Crippen LogP contribution in [0, 0.1) is 0 Å². The Bertz CT molecular complexity index is 97.6. The van der Waals surface area contributed by atoms with E-state index in [9.17, 15) is 0 Å². The lowest BCUT2D eigenvalue weighted by Crippen LogP contribution is -2.34. The lowest BCUT2D eigenvalue weighted by molar-refractivity contribution is 0.0748. The Morgan fingerprint density at radius 2 is 2.50 bits per heavy atom. The maximum atomic E-state index is 4.78. The molecule has 1 atom stereocenters. The van der Waals surface area contributed by atoms with Gasteiger partial charge in [0.15, 0.2) is 0 Å². The van der Waals surface area contributed by atoms with Crippen LogP contribution in [0.4, 0.5) is 0 Å². The van der Waals surface area contributed by atoms with Crippen molar-refractivity contribution in [2.45, 2.75) is 18.9 Å². The van der Waals surface area contributed by atoms with Crippen molar-refractivity contribution in [1.29, 1.82) is 0 Å². The van der Waals surface area contributed by atoms with Crippen LogP contribution in [0.5, 0.6) is 0 Å². The fourth-order valence-corrected chi connectivity index (χ4v) is 1.42. The van der Waals surface area contributed by atoms with Crippen molar-refractivity contribution >= 4 is 0 Å². The van der Waals surface area contributed by atoms with Crippen LogP contribution >= 0.6 is 0 Å². The number of hydrogen-bond acceptors (Lipinski definition) is 3. The zero-order chi connectivity index (χ0) is 7.40. The van der Waals surface area contributed by atoms with Gasteiger partial charge >= 0.3 is 0 Å². The minimum absolute atomic E-state index is 0.681. The molecule has 0 aromatic heterocycles. The molecule has 0 aromatic rings. The van der Waals surface area contributed by atoms with Crippen LogP contribution in [0.25, 0.3) is 0 Å². The lowest BCUT2D eigenvalue weighted by Gasteiger charge is -2.18. The Balaban J connectivity index is 2.14. The summed E-state index contributed by atoms with van der Waals surface area (Å²) in [7, 11) is 3.82. The fraction of sp³-hybridized carbons (Fsp3) is 1.00. The van der Waals surface area contributed by atoms with E-state index in [2.05, 4.69) is 17.4 Å². The first-order chi connectivity index (χ1) is 4.84. The molecule has 1 heterocycles. The molecule has 1 fully saturated rings. The predicted octanol–water partition coefficient (Wildman–Crippen LogP) is 0.232. The molecule has 60 valence electrons. The number of nitrogens with one attached hydrogen (secondary N) is 1. The Morgan fingerprint density at radius 1 is 1.70 bits per heavy atom. The summed E-state index contributed by atoms with van der Waals surface area (Å²) in [5.74, 6) is 0. The highest BCUT2D eigenvalue weighted by Crippen LogP contribution is 2.13. The zero-order valence-corrected chi connectivity index (χ0v) is 6.76. The maximum Gasteiger partial charge on any atom is 0.0572 e. The monoisotopic (exact) mass is 144 g/mol. The van der Waals surface area contributed by atoms with E-state index < -0.39 is 0 Å². The Morgan fingerprint density at radius 3 is 3.00 bits per heavy atom. The Kier molecular flexibility index (Phi) is 3.12. The number of likely N-dealkylation sites (tertiary alicyclic amines) is 1. The normalized spacial score (nSPS) is 27.6. The van der Waals surface area contributed by atoms with E-state index in [4.69, 9.17) is 4.84 Å². The van der Waals surface area contributed by atoms with Crippen molar-refractivity contribution in [3.8, 4) is 0 Å². The number of nitrogens with zero attached hydrogens (tertiary/aromatic N) is 1. The smallest absolute Gasteiger partial charge is 0.0572 e. The molecule has 0 bridgehead atoms. The van der Waals surface area contributed by atoms with E-state index >= 15 is 0 Å². The second-order valence-corrected chi connectivity index (χ2v) is 2.83. The Labute approximate surface area is 62.3 Å². The van der Waals surface area contributed by atoms with Gasteiger partial charge in [0.2, 0.25) is 0 Å². The topological polar surface area (TPSA) is 24.5 Å². The van der Waals surface area contributed by atoms with Gasteiger partial charge in [-0.2, -0.15) is 0 Å². The third-order valence-electron chi connectivity index (χ3n) is 2.13. The van der Waals surface area contributed by atoms with Gasteiger partial charge in [0, 0.05) is 12.6 Å². The minimum atomic E-state index is 0.681. The van der Waals surface area contributed by atoms with Crippen molar-refractivity contribution in [3.05, 3.63) is 0 Å². The van der Waals surface area contributed by atoms with Gasteiger partial charge in [0.25, 0.3) is 0 Å². The predicted molar refractivity (Wildman–Crippen MR) is 40.7 cm³/mol. The summed E-state index contributed by atoms with van der Waals surface area (Å²) in [6.45, 7) is 2.18. The fourth-order valence-electron chi connectivity index (χ4n) is 1.42. The van der Waals surface area contributed by atoms with Gasteiger partial charge in [0.05, 0.1) is 7.11 Å². The molecule has 1 saturated heterocycles. The molecule has 3 nitrogen and oxygen atoms in total. The SMILES string of the molecule is CONCC1CCCN1C. The molecule has 0 spiro atoms. The molecule has 0 radical (unpaired) electrons. The van der Waals surface area contributed by atoms with Crippen LogP contribution in [-0.2, 0) is 4.84 Å². The first-order valence-electron chi connectivity index (χ1n) is 3.80. The summed E-state index contributed by atoms with van der Waals surface area (Å²) < 4.78 is 0. The molecule has 10 heavy (non-hydrogen) atoms. The number of hydroxylamine groups is 1. The highest BCUT2D eigenvalue weighted by Gasteiger charge is 2.19. The highest BCUT2D eigenvalue weighted by molar-refractivity contribution is 4.76. The number of rotatable bonds is 3. The highest BCUT2D eigenvalue weighted by atomic mass is 16.6. The molecule has 1 aliphatic rings. The minimum Gasteiger partial charge on any atom is -0.305 e. The van der Waals surface area contributed by atoms with Crippen LogP contribution in [-0.4, -0.2) is 38.2 Å². The zero-order valence-electron chi connectivity index (χ0n) is 6.76. The molecule has 1 rings (SSSR count). The molecule has 1 unspecified atom stereocenters. The van der Waals surface area contributed by atoms with Gasteiger partial charge in [-0.15, -0.1) is 0 Å². The Hall–Kier alpha value is -0.120. The quantitative estimate of drug-likeness (QED) is 0.574. The van der Waals surface area contributed by atoms with Crippen molar-refractivity contribution in [2.24, 2.45) is 0 Å². The first-order valence-corrected chi connectivity index (χ1v) is 3.80. The molecule has 3 heteroatoms. The summed E-state index contributed by atoms with van der Waals surface area (Å²) in [5, 5.41) is 0. The van der Waals surface area contributed by atoms with E-state index in [0.717, 1.165) is 6.54 Å². The van der Waals surface area contributed by atoms with Gasteiger partial charge in [-0.3, -0.25) is 0 Å². The van der Waals surface area contributed by atoms with Gasteiger partial charge in [0.1, 0.15) is 0 Å². The molecule has 0 aromatic carbocycles. The van der Waals surface area contributed by atoms with Crippen LogP contribution in [0.1, 0.15) is 12.8 Å². The van der Waals surface area contributed by atoms with E-state index in [1.54, 1.807) is 7.11 Å². The van der Waals surface area contributed by atoms with Gasteiger partial charge in [-0.1, -0.05) is 0 Å². The molecule has 1 N–H and O–H groups in total. The third kappa shape index (κ3) is 1.94. The van der Waals surface area contributed by atoms with E-state index in [-0.39, 0.29) is 0 Å². The van der Waals surface area contributed by atoms with Crippen molar-refractivity contribution in [1.82, 2.24) is 10.4 Å². The summed E-state index contributed by atoms with van der Waals surface area (Å²) in [6.07, 6.45) is 2.62. The average molecular weight is 144 g/mol. The largest absolute Gasteiger partial charge is 0.305 e. The van der Waals surface area contributed by atoms with Gasteiger partial charge < -0.3 is 9.74 Å². The third-order valence-corrected chi connectivity index (χ3v) is 2.13. The van der Waals surface area contributed by atoms with Crippen molar-refractivity contribution in [3.63, 3.8) is 0 Å². The average Bonchev–Trinajstić information content (AvgIpc) is 2.31. The maximum absolute atomic E-state index is 4.78. The van der Waals surface area contributed by atoms with Crippen LogP contribution < -0.4 is 5.48 Å². The number of hydrogen-bond donors (Lipinski definition) is 1.